The summed E-state index contributed by atoms with van der Waals surface area (Å²) >= 11 is 0. The number of para-hydroxylation sites is 1. The molecule has 2 aliphatic heterocycles. The zero-order valence-corrected chi connectivity index (χ0v) is 13.1. The second kappa shape index (κ2) is 5.36. The summed E-state index contributed by atoms with van der Waals surface area (Å²) in [6.45, 7) is 2.01. The predicted molar refractivity (Wildman–Crippen MR) is 86.5 cm³/mol. The molecule has 0 bridgehead atoms. The maximum atomic E-state index is 5.87. The Kier molecular flexibility index (Phi) is 3.14. The van der Waals surface area contributed by atoms with Crippen molar-refractivity contribution in [3.05, 3.63) is 42.4 Å². The number of hydrogen-bond donors (Lipinski definition) is 0. The van der Waals surface area contributed by atoms with Crippen LogP contribution >= 0.6 is 0 Å². The molecule has 3 aromatic rings. The van der Waals surface area contributed by atoms with E-state index in [0.717, 1.165) is 35.9 Å². The fourth-order valence-electron chi connectivity index (χ4n) is 3.72. The van der Waals surface area contributed by atoms with Gasteiger partial charge >= 0.3 is 0 Å². The Hall–Kier alpha value is -2.31. The Balaban J connectivity index is 1.54. The number of aromatic nitrogens is 3. The zero-order chi connectivity index (χ0) is 16.0. The number of ether oxygens (including phenoxy) is 2. The standard InChI is InChI=1S/C18H17N3O3/c1-2-4-14-12(3-1)9-13(10-19-14)16-20-17(24-21-16)18-6-8-23-15(18)5-7-22-11-18/h1-4,9-10,15H,5-8,11H2. The summed E-state index contributed by atoms with van der Waals surface area (Å²) in [4.78, 5) is 9.14. The molecule has 0 aliphatic carbocycles. The lowest BCUT2D eigenvalue weighted by Gasteiger charge is -2.34. The largest absolute Gasteiger partial charge is 0.380 e. The first-order valence-corrected chi connectivity index (χ1v) is 8.24. The average Bonchev–Trinajstić information content (AvgIpc) is 3.29. The molecule has 2 fully saturated rings. The first-order valence-electron chi connectivity index (χ1n) is 8.24. The number of hydrogen-bond acceptors (Lipinski definition) is 6. The van der Waals surface area contributed by atoms with Crippen LogP contribution in [0.15, 0.2) is 41.1 Å². The second-order valence-corrected chi connectivity index (χ2v) is 6.45. The highest BCUT2D eigenvalue weighted by atomic mass is 16.5. The highest BCUT2D eigenvalue weighted by molar-refractivity contribution is 5.82. The third-order valence-electron chi connectivity index (χ3n) is 5.07. The molecule has 0 N–H and O–H groups in total. The van der Waals surface area contributed by atoms with Gasteiger partial charge in [0.2, 0.25) is 11.7 Å². The Morgan fingerprint density at radius 2 is 2.12 bits per heavy atom. The molecule has 5 rings (SSSR count). The van der Waals surface area contributed by atoms with Gasteiger partial charge in [0.15, 0.2) is 0 Å². The van der Waals surface area contributed by atoms with Gasteiger partial charge in [-0.1, -0.05) is 23.4 Å². The van der Waals surface area contributed by atoms with E-state index in [1.165, 1.54) is 0 Å². The molecule has 2 unspecified atom stereocenters. The van der Waals surface area contributed by atoms with Gasteiger partial charge in [0.05, 0.1) is 18.2 Å². The summed E-state index contributed by atoms with van der Waals surface area (Å²) in [5, 5.41) is 5.24. The summed E-state index contributed by atoms with van der Waals surface area (Å²) in [5.74, 6) is 1.18. The Labute approximate surface area is 138 Å². The molecular weight excluding hydrogens is 306 g/mol. The zero-order valence-electron chi connectivity index (χ0n) is 13.1. The number of rotatable bonds is 2. The molecule has 0 spiro atoms. The summed E-state index contributed by atoms with van der Waals surface area (Å²) in [7, 11) is 0. The quantitative estimate of drug-likeness (QED) is 0.722. The molecular formula is C18H17N3O3. The minimum Gasteiger partial charge on any atom is -0.380 e. The van der Waals surface area contributed by atoms with Gasteiger partial charge in [-0.25, -0.2) is 0 Å². The number of benzene rings is 1. The van der Waals surface area contributed by atoms with E-state index in [2.05, 4.69) is 15.1 Å². The summed E-state index contributed by atoms with van der Waals surface area (Å²) in [6, 6.07) is 10.0. The molecule has 2 atom stereocenters. The lowest BCUT2D eigenvalue weighted by atomic mass is 9.79. The van der Waals surface area contributed by atoms with Crippen molar-refractivity contribution in [3.8, 4) is 11.4 Å². The van der Waals surface area contributed by atoms with Crippen molar-refractivity contribution in [2.24, 2.45) is 0 Å². The summed E-state index contributed by atoms with van der Waals surface area (Å²) in [5.41, 5.74) is 1.51. The lowest BCUT2D eigenvalue weighted by molar-refractivity contribution is -0.0474. The number of nitrogens with zero attached hydrogens (tertiary/aromatic N) is 3. The average molecular weight is 323 g/mol. The van der Waals surface area contributed by atoms with Crippen LogP contribution in [0.2, 0.25) is 0 Å². The highest BCUT2D eigenvalue weighted by Crippen LogP contribution is 2.42. The molecule has 1 aromatic carbocycles. The van der Waals surface area contributed by atoms with E-state index in [4.69, 9.17) is 14.0 Å². The van der Waals surface area contributed by atoms with E-state index in [0.29, 0.717) is 24.9 Å². The van der Waals surface area contributed by atoms with Crippen molar-refractivity contribution in [3.63, 3.8) is 0 Å². The molecule has 0 saturated carbocycles. The van der Waals surface area contributed by atoms with Crippen LogP contribution in [-0.2, 0) is 14.9 Å². The summed E-state index contributed by atoms with van der Waals surface area (Å²) < 4.78 is 17.2. The lowest BCUT2D eigenvalue weighted by Crippen LogP contribution is -2.44. The molecule has 2 saturated heterocycles. The minimum atomic E-state index is -0.298. The molecule has 2 aliphatic rings. The molecule has 4 heterocycles. The molecule has 6 heteroatoms. The van der Waals surface area contributed by atoms with E-state index in [9.17, 15) is 0 Å². The summed E-state index contributed by atoms with van der Waals surface area (Å²) in [6.07, 6.45) is 3.62. The highest BCUT2D eigenvalue weighted by Gasteiger charge is 2.51. The number of pyridine rings is 1. The normalized spacial score (nSPS) is 26.6. The predicted octanol–water partition coefficient (Wildman–Crippen LogP) is 2.73. The van der Waals surface area contributed by atoms with Crippen molar-refractivity contribution in [2.45, 2.75) is 24.4 Å². The van der Waals surface area contributed by atoms with E-state index >= 15 is 0 Å². The Bertz CT molecular complexity index is 894. The van der Waals surface area contributed by atoms with Crippen LogP contribution in [0.4, 0.5) is 0 Å². The van der Waals surface area contributed by atoms with Crippen molar-refractivity contribution < 1.29 is 14.0 Å². The fourth-order valence-corrected chi connectivity index (χ4v) is 3.72. The first-order chi connectivity index (χ1) is 11.9. The van der Waals surface area contributed by atoms with Gasteiger partial charge < -0.3 is 14.0 Å². The molecule has 0 radical (unpaired) electrons. The van der Waals surface area contributed by atoms with Crippen molar-refractivity contribution in [2.75, 3.05) is 19.8 Å². The topological polar surface area (TPSA) is 70.3 Å². The maximum Gasteiger partial charge on any atom is 0.238 e. The third-order valence-corrected chi connectivity index (χ3v) is 5.07. The van der Waals surface area contributed by atoms with E-state index < -0.39 is 0 Å². The Morgan fingerprint density at radius 3 is 3.12 bits per heavy atom. The van der Waals surface area contributed by atoms with Gasteiger partial charge in [-0.3, -0.25) is 4.98 Å². The molecule has 2 aromatic heterocycles. The number of fused-ring (bicyclic) bond motifs is 2. The van der Waals surface area contributed by atoms with Gasteiger partial charge in [-0.2, -0.15) is 4.98 Å². The van der Waals surface area contributed by atoms with Crippen molar-refractivity contribution in [1.29, 1.82) is 0 Å². The third kappa shape index (κ3) is 2.07. The fraction of sp³-hybridized carbons (Fsp3) is 0.389. The Morgan fingerprint density at radius 1 is 1.17 bits per heavy atom. The molecule has 6 nitrogen and oxygen atoms in total. The molecule has 0 amide bonds. The van der Waals surface area contributed by atoms with Gasteiger partial charge in [-0.05, 0) is 25.0 Å². The van der Waals surface area contributed by atoms with Crippen molar-refractivity contribution in [1.82, 2.24) is 15.1 Å². The van der Waals surface area contributed by atoms with Crippen LogP contribution in [0.1, 0.15) is 18.7 Å². The molecule has 24 heavy (non-hydrogen) atoms. The van der Waals surface area contributed by atoms with Gasteiger partial charge in [0.25, 0.3) is 0 Å². The maximum absolute atomic E-state index is 5.87. The van der Waals surface area contributed by atoms with Gasteiger partial charge in [-0.15, -0.1) is 0 Å². The van der Waals surface area contributed by atoms with Crippen LogP contribution in [-0.4, -0.2) is 41.0 Å². The molecule has 122 valence electrons. The van der Waals surface area contributed by atoms with Gasteiger partial charge in [0, 0.05) is 30.4 Å². The smallest absolute Gasteiger partial charge is 0.238 e. The second-order valence-electron chi connectivity index (χ2n) is 6.45. The first kappa shape index (κ1) is 14.1. The van der Waals surface area contributed by atoms with Crippen LogP contribution in [0.3, 0.4) is 0 Å². The van der Waals surface area contributed by atoms with E-state index in [1.54, 1.807) is 6.20 Å². The van der Waals surface area contributed by atoms with Crippen molar-refractivity contribution >= 4 is 10.9 Å². The minimum absolute atomic E-state index is 0.106. The van der Waals surface area contributed by atoms with Gasteiger partial charge in [0.1, 0.15) is 5.41 Å². The van der Waals surface area contributed by atoms with Crippen LogP contribution in [0, 0.1) is 0 Å². The monoisotopic (exact) mass is 323 g/mol. The SMILES string of the molecule is c1ccc2ncc(-c3noc(C45CCOC4CCOC5)n3)cc2c1. The van der Waals surface area contributed by atoms with Crippen LogP contribution in [0.5, 0.6) is 0 Å². The van der Waals surface area contributed by atoms with Crippen LogP contribution < -0.4 is 0 Å². The van der Waals surface area contributed by atoms with E-state index in [-0.39, 0.29) is 11.5 Å². The van der Waals surface area contributed by atoms with E-state index in [1.807, 2.05) is 30.3 Å². The van der Waals surface area contributed by atoms with Crippen LogP contribution in [0.25, 0.3) is 22.3 Å².